The number of halogens is 1. The van der Waals surface area contributed by atoms with Gasteiger partial charge in [0.15, 0.2) is 5.82 Å². The largest absolute Gasteiger partial charge is 0.370 e. The van der Waals surface area contributed by atoms with Gasteiger partial charge in [0.05, 0.1) is 13.2 Å². The number of carbonyl (C=O) groups is 1. The second kappa shape index (κ2) is 7.27. The van der Waals surface area contributed by atoms with Crippen LogP contribution in [0.4, 0.5) is 0 Å². The van der Waals surface area contributed by atoms with Crippen LogP contribution in [0.15, 0.2) is 54.9 Å². The van der Waals surface area contributed by atoms with Crippen molar-refractivity contribution in [2.75, 3.05) is 19.7 Å². The Morgan fingerprint density at radius 2 is 1.92 bits per heavy atom. The second-order valence-electron chi connectivity index (χ2n) is 6.07. The molecule has 4 rings (SSSR count). The Bertz CT molecular complexity index is 879. The number of amides is 1. The van der Waals surface area contributed by atoms with Crippen molar-refractivity contribution >= 4 is 17.5 Å². The van der Waals surface area contributed by atoms with E-state index in [1.165, 1.54) is 6.33 Å². The highest BCUT2D eigenvalue weighted by atomic mass is 35.5. The number of morpholine rings is 1. The van der Waals surface area contributed by atoms with Gasteiger partial charge in [0.1, 0.15) is 12.4 Å². The molecule has 1 atom stereocenters. The molecular formula is C19H17ClN4O2. The van der Waals surface area contributed by atoms with Crippen LogP contribution >= 0.6 is 11.6 Å². The van der Waals surface area contributed by atoms with Gasteiger partial charge in [0.25, 0.3) is 5.91 Å². The Hall–Kier alpha value is -2.70. The summed E-state index contributed by atoms with van der Waals surface area (Å²) in [4.78, 5) is 18.8. The summed E-state index contributed by atoms with van der Waals surface area (Å²) in [5.74, 6) is 0.676. The molecule has 0 bridgehead atoms. The lowest BCUT2D eigenvalue weighted by atomic mass is 10.1. The van der Waals surface area contributed by atoms with Gasteiger partial charge in [-0.05, 0) is 29.8 Å². The molecular weight excluding hydrogens is 352 g/mol. The van der Waals surface area contributed by atoms with Crippen molar-refractivity contribution < 1.29 is 9.53 Å². The zero-order chi connectivity index (χ0) is 17.9. The Labute approximate surface area is 155 Å². The molecule has 2 heterocycles. The van der Waals surface area contributed by atoms with Gasteiger partial charge in [-0.2, -0.15) is 5.10 Å². The van der Waals surface area contributed by atoms with Crippen LogP contribution in [0.1, 0.15) is 22.0 Å². The first-order valence-corrected chi connectivity index (χ1v) is 8.70. The highest BCUT2D eigenvalue weighted by molar-refractivity contribution is 6.30. The summed E-state index contributed by atoms with van der Waals surface area (Å²) in [6, 6.07) is 14.9. The van der Waals surface area contributed by atoms with Gasteiger partial charge >= 0.3 is 0 Å². The predicted octanol–water partition coefficient (Wildman–Crippen LogP) is 3.34. The van der Waals surface area contributed by atoms with Crippen LogP contribution in [0.5, 0.6) is 0 Å². The predicted molar refractivity (Wildman–Crippen MR) is 97.9 cm³/mol. The zero-order valence-electron chi connectivity index (χ0n) is 13.9. The lowest BCUT2D eigenvalue weighted by Crippen LogP contribution is -2.42. The summed E-state index contributed by atoms with van der Waals surface area (Å²) in [6.45, 7) is 1.60. The van der Waals surface area contributed by atoms with Gasteiger partial charge in [-0.25, -0.2) is 4.98 Å². The third-order valence-corrected chi connectivity index (χ3v) is 4.67. The minimum atomic E-state index is -0.140. The van der Waals surface area contributed by atoms with Gasteiger partial charge in [-0.15, -0.1) is 0 Å². The lowest BCUT2D eigenvalue weighted by molar-refractivity contribution is -0.0228. The number of rotatable bonds is 3. The molecule has 132 valence electrons. The van der Waals surface area contributed by atoms with Crippen molar-refractivity contribution in [2.45, 2.75) is 6.10 Å². The SMILES string of the molecule is O=C(c1ccc(-c2ncn[nH]2)cc1)N1CCO[C@H](c2ccc(Cl)cc2)C1. The first-order chi connectivity index (χ1) is 12.7. The summed E-state index contributed by atoms with van der Waals surface area (Å²) in [6.07, 6.45) is 1.32. The fourth-order valence-electron chi connectivity index (χ4n) is 3.01. The van der Waals surface area contributed by atoms with E-state index in [-0.39, 0.29) is 12.0 Å². The van der Waals surface area contributed by atoms with E-state index >= 15 is 0 Å². The Balaban J connectivity index is 1.48. The normalized spacial score (nSPS) is 17.3. The number of carbonyl (C=O) groups excluding carboxylic acids is 1. The third kappa shape index (κ3) is 3.47. The lowest BCUT2D eigenvalue weighted by Gasteiger charge is -2.33. The number of nitrogens with one attached hydrogen (secondary N) is 1. The average molecular weight is 369 g/mol. The van der Waals surface area contributed by atoms with E-state index in [4.69, 9.17) is 16.3 Å². The van der Waals surface area contributed by atoms with E-state index in [0.29, 0.717) is 36.1 Å². The number of ether oxygens (including phenoxy) is 1. The van der Waals surface area contributed by atoms with Gasteiger partial charge in [0, 0.05) is 22.7 Å². The van der Waals surface area contributed by atoms with Crippen LogP contribution < -0.4 is 0 Å². The Kier molecular flexibility index (Phi) is 4.69. The van der Waals surface area contributed by atoms with E-state index in [1.54, 1.807) is 0 Å². The van der Waals surface area contributed by atoms with Gasteiger partial charge in [-0.1, -0.05) is 35.9 Å². The van der Waals surface area contributed by atoms with Gasteiger partial charge in [0.2, 0.25) is 0 Å². The highest BCUT2D eigenvalue weighted by Crippen LogP contribution is 2.25. The van der Waals surface area contributed by atoms with E-state index in [1.807, 2.05) is 53.4 Å². The molecule has 0 saturated carbocycles. The Morgan fingerprint density at radius 1 is 1.15 bits per heavy atom. The zero-order valence-corrected chi connectivity index (χ0v) is 14.7. The van der Waals surface area contributed by atoms with Crippen LogP contribution in [0, 0.1) is 0 Å². The first kappa shape index (κ1) is 16.8. The van der Waals surface area contributed by atoms with E-state index in [0.717, 1.165) is 11.1 Å². The quantitative estimate of drug-likeness (QED) is 0.769. The second-order valence-corrected chi connectivity index (χ2v) is 6.51. The molecule has 1 fully saturated rings. The smallest absolute Gasteiger partial charge is 0.254 e. The molecule has 26 heavy (non-hydrogen) atoms. The molecule has 1 aliphatic heterocycles. The average Bonchev–Trinajstić information content (AvgIpc) is 3.23. The van der Waals surface area contributed by atoms with Crippen LogP contribution in [0.2, 0.25) is 5.02 Å². The van der Waals surface area contributed by atoms with Crippen LogP contribution in [0.25, 0.3) is 11.4 Å². The first-order valence-electron chi connectivity index (χ1n) is 8.33. The van der Waals surface area contributed by atoms with Crippen LogP contribution in [0.3, 0.4) is 0 Å². The minimum Gasteiger partial charge on any atom is -0.370 e. The number of hydrogen-bond donors (Lipinski definition) is 1. The number of aromatic amines is 1. The van der Waals surface area contributed by atoms with Crippen molar-refractivity contribution in [3.8, 4) is 11.4 Å². The molecule has 1 aromatic heterocycles. The van der Waals surface area contributed by atoms with Gasteiger partial charge < -0.3 is 9.64 Å². The minimum absolute atomic E-state index is 0.00335. The number of H-pyrrole nitrogens is 1. The molecule has 1 amide bonds. The number of hydrogen-bond acceptors (Lipinski definition) is 4. The number of aromatic nitrogens is 3. The summed E-state index contributed by atoms with van der Waals surface area (Å²) < 4.78 is 5.83. The molecule has 6 nitrogen and oxygen atoms in total. The Morgan fingerprint density at radius 3 is 2.62 bits per heavy atom. The molecule has 1 aliphatic rings. The van der Waals surface area contributed by atoms with E-state index in [2.05, 4.69) is 15.2 Å². The standard InChI is InChI=1S/C19H17ClN4O2/c20-16-7-5-13(6-8-16)17-11-24(9-10-26-17)19(25)15-3-1-14(2-4-15)18-21-12-22-23-18/h1-8,12,17H,9-11H2,(H,21,22,23)/t17-/m0/s1. The van der Waals surface area contributed by atoms with Crippen molar-refractivity contribution in [1.29, 1.82) is 0 Å². The van der Waals surface area contributed by atoms with Gasteiger partial charge in [-0.3, -0.25) is 9.89 Å². The van der Waals surface area contributed by atoms with Crippen molar-refractivity contribution in [1.82, 2.24) is 20.1 Å². The van der Waals surface area contributed by atoms with Crippen molar-refractivity contribution in [3.05, 3.63) is 71.0 Å². The molecule has 7 heteroatoms. The number of nitrogens with zero attached hydrogens (tertiary/aromatic N) is 3. The third-order valence-electron chi connectivity index (χ3n) is 4.42. The van der Waals surface area contributed by atoms with Crippen molar-refractivity contribution in [2.24, 2.45) is 0 Å². The molecule has 1 saturated heterocycles. The highest BCUT2D eigenvalue weighted by Gasteiger charge is 2.26. The molecule has 0 aliphatic carbocycles. The maximum absolute atomic E-state index is 12.8. The summed E-state index contributed by atoms with van der Waals surface area (Å²) in [7, 11) is 0. The van der Waals surface area contributed by atoms with Crippen LogP contribution in [-0.4, -0.2) is 45.7 Å². The topological polar surface area (TPSA) is 71.1 Å². The van der Waals surface area contributed by atoms with Crippen LogP contribution in [-0.2, 0) is 4.74 Å². The van der Waals surface area contributed by atoms with Crippen molar-refractivity contribution in [3.63, 3.8) is 0 Å². The maximum Gasteiger partial charge on any atom is 0.254 e. The molecule has 3 aromatic rings. The molecule has 1 N–H and O–H groups in total. The molecule has 2 aromatic carbocycles. The fourth-order valence-corrected chi connectivity index (χ4v) is 3.14. The van der Waals surface area contributed by atoms with E-state index in [9.17, 15) is 4.79 Å². The number of benzene rings is 2. The summed E-state index contributed by atoms with van der Waals surface area (Å²) in [5.41, 5.74) is 2.55. The molecule has 0 spiro atoms. The molecule has 0 unspecified atom stereocenters. The maximum atomic E-state index is 12.8. The monoisotopic (exact) mass is 368 g/mol. The molecule has 0 radical (unpaired) electrons. The fraction of sp³-hybridized carbons (Fsp3) is 0.211. The van der Waals surface area contributed by atoms with E-state index < -0.39 is 0 Å². The summed E-state index contributed by atoms with van der Waals surface area (Å²) in [5, 5.41) is 7.33. The summed E-state index contributed by atoms with van der Waals surface area (Å²) >= 11 is 5.94.